The van der Waals surface area contributed by atoms with E-state index in [2.05, 4.69) is 15.5 Å². The Morgan fingerprint density at radius 2 is 1.76 bits per heavy atom. The maximum atomic E-state index is 15.0. The van der Waals surface area contributed by atoms with Crippen molar-refractivity contribution in [2.75, 3.05) is 24.0 Å². The largest absolute Gasteiger partial charge is 0.480 e. The normalized spacial score (nSPS) is 13.7. The maximum absolute atomic E-state index is 15.0. The van der Waals surface area contributed by atoms with Crippen LogP contribution < -0.4 is 19.9 Å². The molecule has 3 heterocycles. The number of urea groups is 1. The van der Waals surface area contributed by atoms with Gasteiger partial charge in [-0.2, -0.15) is 0 Å². The van der Waals surface area contributed by atoms with E-state index in [1.165, 1.54) is 65.7 Å². The van der Waals surface area contributed by atoms with E-state index in [4.69, 9.17) is 9.47 Å². The van der Waals surface area contributed by atoms with Crippen LogP contribution in [0.5, 0.6) is 5.88 Å². The molecule has 2 aromatic carbocycles. The first-order chi connectivity index (χ1) is 21.8. The monoisotopic (exact) mass is 652 g/mol. The van der Waals surface area contributed by atoms with E-state index in [0.717, 1.165) is 12.1 Å². The molecule has 0 fully saturated rings. The highest BCUT2D eigenvalue weighted by atomic mass is 32.1. The second-order valence-electron chi connectivity index (χ2n) is 11.5. The van der Waals surface area contributed by atoms with Gasteiger partial charge in [0.1, 0.15) is 16.6 Å². The third kappa shape index (κ3) is 6.18. The minimum Gasteiger partial charge on any atom is -0.480 e. The van der Waals surface area contributed by atoms with Crippen LogP contribution in [-0.2, 0) is 17.8 Å². The summed E-state index contributed by atoms with van der Waals surface area (Å²) in [4.78, 5) is 40.9. The van der Waals surface area contributed by atoms with Crippen molar-refractivity contribution < 1.29 is 32.8 Å². The standard InChI is InChI=1S/C31H30F2N6O6S/c1-31(2,3)27(34-29(40)45-5)25-20-16-37(23-13-14-24(44-4)36-35-23)30(41)38(15-19-21(32)7-6-8-22(19)33)28(20)46-26(25)17-9-11-18(12-10-17)39(42)43/h6-14,27H,15-16H2,1-5H3,(H,34,40). The Bertz CT molecular complexity index is 1770. The summed E-state index contributed by atoms with van der Waals surface area (Å²) in [5, 5.41) is 22.8. The van der Waals surface area contributed by atoms with Crippen LogP contribution in [0.2, 0.25) is 0 Å². The van der Waals surface area contributed by atoms with Crippen molar-refractivity contribution in [3.05, 3.63) is 93.0 Å². The molecule has 1 atom stereocenters. The molecule has 1 aliphatic heterocycles. The van der Waals surface area contributed by atoms with Crippen LogP contribution in [0.4, 0.5) is 34.9 Å². The van der Waals surface area contributed by atoms with Crippen LogP contribution in [-0.4, -0.2) is 41.5 Å². The molecule has 15 heteroatoms. The van der Waals surface area contributed by atoms with E-state index < -0.39 is 46.7 Å². The summed E-state index contributed by atoms with van der Waals surface area (Å²) in [5.41, 5.74) is 0.668. The zero-order valence-corrected chi connectivity index (χ0v) is 26.4. The highest BCUT2D eigenvalue weighted by molar-refractivity contribution is 7.20. The van der Waals surface area contributed by atoms with Gasteiger partial charge in [-0.1, -0.05) is 26.8 Å². The molecular formula is C31H30F2N6O6S. The molecule has 1 aliphatic rings. The minimum atomic E-state index is -0.831. The predicted octanol–water partition coefficient (Wildman–Crippen LogP) is 6.99. The lowest BCUT2D eigenvalue weighted by molar-refractivity contribution is -0.384. The van der Waals surface area contributed by atoms with Gasteiger partial charge < -0.3 is 14.8 Å². The van der Waals surface area contributed by atoms with Gasteiger partial charge in [0.2, 0.25) is 5.88 Å². The van der Waals surface area contributed by atoms with Gasteiger partial charge in [-0.3, -0.25) is 19.9 Å². The molecule has 4 aromatic rings. The molecule has 0 radical (unpaired) electrons. The van der Waals surface area contributed by atoms with E-state index >= 15 is 0 Å². The molecule has 0 saturated heterocycles. The number of benzene rings is 2. The van der Waals surface area contributed by atoms with Gasteiger partial charge in [-0.15, -0.1) is 21.5 Å². The van der Waals surface area contributed by atoms with Gasteiger partial charge >= 0.3 is 12.1 Å². The first kappa shape index (κ1) is 32.2. The summed E-state index contributed by atoms with van der Waals surface area (Å²) in [6, 6.07) is 11.0. The number of hydrogen-bond acceptors (Lipinski definition) is 9. The van der Waals surface area contributed by atoms with Crippen LogP contribution >= 0.6 is 11.3 Å². The lowest BCUT2D eigenvalue weighted by Gasteiger charge is -2.37. The first-order valence-electron chi connectivity index (χ1n) is 14.0. The number of nitrogens with one attached hydrogen (secondary N) is 1. The molecule has 12 nitrogen and oxygen atoms in total. The number of carbonyl (C=O) groups excluding carboxylic acids is 2. The molecular weight excluding hydrogens is 622 g/mol. The number of ether oxygens (including phenoxy) is 2. The Morgan fingerprint density at radius 3 is 2.30 bits per heavy atom. The number of thiophene rings is 1. The van der Waals surface area contributed by atoms with Gasteiger partial charge in [0.05, 0.1) is 38.3 Å². The number of anilines is 2. The van der Waals surface area contributed by atoms with Crippen molar-refractivity contribution in [1.29, 1.82) is 0 Å². The van der Waals surface area contributed by atoms with Crippen LogP contribution in [0, 0.1) is 27.2 Å². The van der Waals surface area contributed by atoms with E-state index in [-0.39, 0.29) is 29.5 Å². The van der Waals surface area contributed by atoms with Crippen molar-refractivity contribution >= 4 is 40.0 Å². The number of rotatable bonds is 8. The zero-order valence-electron chi connectivity index (χ0n) is 25.5. The number of non-ortho nitro benzene ring substituents is 1. The highest BCUT2D eigenvalue weighted by Crippen LogP contribution is 2.52. The van der Waals surface area contributed by atoms with Gasteiger partial charge in [0.25, 0.3) is 5.69 Å². The number of nitrogens with zero attached hydrogens (tertiary/aromatic N) is 5. The lowest BCUT2D eigenvalue weighted by atomic mass is 9.80. The molecule has 46 heavy (non-hydrogen) atoms. The molecule has 0 saturated carbocycles. The summed E-state index contributed by atoms with van der Waals surface area (Å²) in [7, 11) is 2.66. The number of nitro groups is 1. The Kier molecular flexibility index (Phi) is 8.87. The molecule has 2 aromatic heterocycles. The van der Waals surface area contributed by atoms with Gasteiger partial charge in [0.15, 0.2) is 5.82 Å². The quantitative estimate of drug-likeness (QED) is 0.159. The molecule has 0 aliphatic carbocycles. The summed E-state index contributed by atoms with van der Waals surface area (Å²) in [6.07, 6.45) is -0.704. The number of nitro benzene ring substituents is 1. The fourth-order valence-corrected chi connectivity index (χ4v) is 6.52. The number of amides is 3. The number of hydrogen-bond donors (Lipinski definition) is 1. The second kappa shape index (κ2) is 12.7. The van der Waals surface area contributed by atoms with Crippen LogP contribution in [0.1, 0.15) is 43.5 Å². The molecule has 5 rings (SSSR count). The molecule has 1 unspecified atom stereocenters. The summed E-state index contributed by atoms with van der Waals surface area (Å²) < 4.78 is 40.0. The van der Waals surface area contributed by atoms with Crippen molar-refractivity contribution in [3.8, 4) is 16.3 Å². The van der Waals surface area contributed by atoms with E-state index in [1.54, 1.807) is 12.1 Å². The van der Waals surface area contributed by atoms with Crippen molar-refractivity contribution in [2.45, 2.75) is 39.9 Å². The summed E-state index contributed by atoms with van der Waals surface area (Å²) >= 11 is 1.17. The average Bonchev–Trinajstić information content (AvgIpc) is 3.40. The molecule has 1 N–H and O–H groups in total. The van der Waals surface area contributed by atoms with Gasteiger partial charge in [-0.05, 0) is 41.3 Å². The Labute approximate surface area is 266 Å². The summed E-state index contributed by atoms with van der Waals surface area (Å²) in [5.74, 6) is -1.30. The van der Waals surface area contributed by atoms with E-state index in [0.29, 0.717) is 26.6 Å². The third-order valence-corrected chi connectivity index (χ3v) is 8.80. The molecule has 240 valence electrons. The van der Waals surface area contributed by atoms with Crippen LogP contribution in [0.3, 0.4) is 0 Å². The first-order valence-corrected chi connectivity index (χ1v) is 14.8. The van der Waals surface area contributed by atoms with Crippen molar-refractivity contribution in [3.63, 3.8) is 0 Å². The number of carbonyl (C=O) groups is 2. The topological polar surface area (TPSA) is 140 Å². The number of fused-ring (bicyclic) bond motifs is 1. The van der Waals surface area contributed by atoms with Gasteiger partial charge in [-0.25, -0.2) is 18.4 Å². The predicted molar refractivity (Wildman–Crippen MR) is 167 cm³/mol. The maximum Gasteiger partial charge on any atom is 0.407 e. The number of aromatic nitrogens is 2. The molecule has 3 amide bonds. The highest BCUT2D eigenvalue weighted by Gasteiger charge is 2.42. The number of methoxy groups -OCH3 is 2. The zero-order chi connectivity index (χ0) is 33.3. The Balaban J connectivity index is 1.78. The smallest absolute Gasteiger partial charge is 0.407 e. The fourth-order valence-electron chi connectivity index (χ4n) is 5.17. The molecule has 0 spiro atoms. The number of halogens is 2. The van der Waals surface area contributed by atoms with Crippen LogP contribution in [0.25, 0.3) is 10.4 Å². The SMILES string of the molecule is COC(=O)NC(c1c(-c2ccc([N+](=O)[O-])cc2)sc2c1CN(c1ccc(OC)nn1)C(=O)N2Cc1c(F)cccc1F)C(C)(C)C. The fraction of sp³-hybridized carbons (Fsp3) is 0.290. The molecule has 0 bridgehead atoms. The third-order valence-electron chi connectivity index (χ3n) is 7.48. The van der Waals surface area contributed by atoms with Gasteiger partial charge in [0, 0.05) is 39.8 Å². The van der Waals surface area contributed by atoms with Crippen LogP contribution in [0.15, 0.2) is 54.6 Å². The average molecular weight is 653 g/mol. The lowest BCUT2D eigenvalue weighted by Crippen LogP contribution is -2.47. The van der Waals surface area contributed by atoms with Crippen molar-refractivity contribution in [2.24, 2.45) is 5.41 Å². The van der Waals surface area contributed by atoms with E-state index in [1.807, 2.05) is 20.8 Å². The summed E-state index contributed by atoms with van der Waals surface area (Å²) in [6.45, 7) is 5.22. The minimum absolute atomic E-state index is 0.0420. The Hall–Kier alpha value is -5.18. The Morgan fingerprint density at radius 1 is 1.09 bits per heavy atom. The van der Waals surface area contributed by atoms with Crippen molar-refractivity contribution in [1.82, 2.24) is 15.5 Å². The second-order valence-corrected chi connectivity index (χ2v) is 12.5. The van der Waals surface area contributed by atoms with E-state index in [9.17, 15) is 28.5 Å². The number of alkyl carbamates (subject to hydrolysis) is 1.